The number of pyridine rings is 1. The molecule has 182 valence electrons. The molecule has 4 rings (SSSR count). The number of nitrogens with one attached hydrogen (secondary N) is 2. The maximum absolute atomic E-state index is 12.7. The van der Waals surface area contributed by atoms with Gasteiger partial charge in [-0.3, -0.25) is 4.79 Å². The van der Waals surface area contributed by atoms with Crippen LogP contribution in [0.1, 0.15) is 15.9 Å². The van der Waals surface area contributed by atoms with Gasteiger partial charge in [0.2, 0.25) is 5.88 Å². The van der Waals surface area contributed by atoms with Crippen LogP contribution < -0.4 is 20.1 Å². The Morgan fingerprint density at radius 1 is 0.750 bits per heavy atom. The minimum absolute atomic E-state index is 0.0473. The summed E-state index contributed by atoms with van der Waals surface area (Å²) in [6.45, 7) is 0. The van der Waals surface area contributed by atoms with E-state index in [0.29, 0.717) is 16.9 Å². The number of aromatic nitrogens is 1. The van der Waals surface area contributed by atoms with Crippen molar-refractivity contribution in [3.63, 3.8) is 0 Å². The Morgan fingerprint density at radius 2 is 1.47 bits per heavy atom. The Balaban J connectivity index is 1.46. The summed E-state index contributed by atoms with van der Waals surface area (Å²) < 4.78 is 47.0. The first-order valence-electron chi connectivity index (χ1n) is 10.5. The second kappa shape index (κ2) is 10.6. The zero-order valence-corrected chi connectivity index (χ0v) is 18.5. The molecule has 0 saturated heterocycles. The molecule has 0 radical (unpaired) electrons. The summed E-state index contributed by atoms with van der Waals surface area (Å²) in [5.41, 5.74) is 1.20. The van der Waals surface area contributed by atoms with Crippen molar-refractivity contribution in [3.8, 4) is 17.4 Å². The number of hydrogen-bond acceptors (Lipinski definition) is 5. The van der Waals surface area contributed by atoms with E-state index in [0.717, 1.165) is 12.1 Å². The van der Waals surface area contributed by atoms with E-state index in [2.05, 4.69) is 20.4 Å². The molecule has 0 atom stereocenters. The van der Waals surface area contributed by atoms with Gasteiger partial charge < -0.3 is 20.1 Å². The topological polar surface area (TPSA) is 89.6 Å². The predicted octanol–water partition coefficient (Wildman–Crippen LogP) is 6.65. The Kier molecular flexibility index (Phi) is 7.15. The minimum Gasteiger partial charge on any atom is -0.437 e. The zero-order valence-electron chi connectivity index (χ0n) is 18.5. The Bertz CT molecular complexity index is 1380. The van der Waals surface area contributed by atoms with E-state index in [1.54, 1.807) is 54.6 Å². The summed E-state index contributed by atoms with van der Waals surface area (Å²) in [4.78, 5) is 29.3. The molecular weight excluding hydrogens is 475 g/mol. The number of anilines is 2. The van der Waals surface area contributed by atoms with E-state index in [9.17, 15) is 22.8 Å². The van der Waals surface area contributed by atoms with Gasteiger partial charge in [0, 0.05) is 29.1 Å². The van der Waals surface area contributed by atoms with Crippen LogP contribution in [-0.4, -0.2) is 23.2 Å². The lowest BCUT2D eigenvalue weighted by Gasteiger charge is -2.13. The fourth-order valence-corrected chi connectivity index (χ4v) is 3.19. The average Bonchev–Trinajstić information content (AvgIpc) is 2.85. The van der Waals surface area contributed by atoms with Gasteiger partial charge in [0.1, 0.15) is 17.2 Å². The number of ether oxygens (including phenoxy) is 2. The van der Waals surface area contributed by atoms with Gasteiger partial charge in [-0.15, -0.1) is 13.2 Å². The third-order valence-corrected chi connectivity index (χ3v) is 4.69. The smallest absolute Gasteiger partial charge is 0.437 e. The van der Waals surface area contributed by atoms with E-state index in [1.165, 1.54) is 24.4 Å². The van der Waals surface area contributed by atoms with Gasteiger partial charge in [0.05, 0.1) is 0 Å². The molecule has 1 aromatic heterocycles. The molecule has 10 heteroatoms. The van der Waals surface area contributed by atoms with Crippen molar-refractivity contribution in [1.29, 1.82) is 0 Å². The van der Waals surface area contributed by atoms with Crippen LogP contribution in [0, 0.1) is 0 Å². The molecule has 2 amide bonds. The summed E-state index contributed by atoms with van der Waals surface area (Å²) in [5, 5.41) is 4.97. The molecule has 0 aliphatic heterocycles. The van der Waals surface area contributed by atoms with Crippen molar-refractivity contribution < 1.29 is 32.2 Å². The summed E-state index contributed by atoms with van der Waals surface area (Å²) in [5.74, 6) is -0.297. The van der Waals surface area contributed by atoms with Crippen molar-refractivity contribution in [2.45, 2.75) is 6.36 Å². The molecule has 0 aliphatic rings. The van der Waals surface area contributed by atoms with Crippen LogP contribution in [0.3, 0.4) is 0 Å². The zero-order chi connectivity index (χ0) is 25.5. The number of hydrogen-bond donors (Lipinski definition) is 2. The lowest BCUT2D eigenvalue weighted by molar-refractivity contribution is -0.274. The summed E-state index contributed by atoms with van der Waals surface area (Å²) in [6.07, 6.45) is -3.40. The quantitative estimate of drug-likeness (QED) is 0.282. The molecule has 0 spiro atoms. The molecule has 0 unspecified atom stereocenters. The van der Waals surface area contributed by atoms with Crippen LogP contribution >= 0.6 is 0 Å². The number of urea groups is 1. The van der Waals surface area contributed by atoms with Gasteiger partial charge in [-0.1, -0.05) is 48.5 Å². The number of halogens is 3. The molecule has 1 heterocycles. The van der Waals surface area contributed by atoms with Crippen LogP contribution in [0.5, 0.6) is 17.4 Å². The predicted molar refractivity (Wildman–Crippen MR) is 126 cm³/mol. The van der Waals surface area contributed by atoms with E-state index < -0.39 is 18.1 Å². The Morgan fingerprint density at radius 3 is 2.25 bits per heavy atom. The van der Waals surface area contributed by atoms with Crippen LogP contribution in [-0.2, 0) is 0 Å². The monoisotopic (exact) mass is 493 g/mol. The molecule has 0 fully saturated rings. The Labute approximate surface area is 203 Å². The molecule has 7 nitrogen and oxygen atoms in total. The molecule has 4 aromatic rings. The van der Waals surface area contributed by atoms with Crippen molar-refractivity contribution in [2.75, 3.05) is 10.6 Å². The molecule has 3 aromatic carbocycles. The van der Waals surface area contributed by atoms with E-state index >= 15 is 0 Å². The number of alkyl halides is 3. The van der Waals surface area contributed by atoms with E-state index in [4.69, 9.17) is 4.74 Å². The molecular formula is C26H18F3N3O4. The molecule has 0 bridgehead atoms. The number of benzene rings is 3. The first-order chi connectivity index (χ1) is 17.3. The largest absolute Gasteiger partial charge is 0.573 e. The molecule has 36 heavy (non-hydrogen) atoms. The lowest BCUT2D eigenvalue weighted by atomic mass is 10.0. The lowest BCUT2D eigenvalue weighted by Crippen LogP contribution is -2.20. The first kappa shape index (κ1) is 24.3. The first-order valence-corrected chi connectivity index (χ1v) is 10.5. The number of ketones is 1. The number of rotatable bonds is 7. The number of nitrogens with zero attached hydrogens (tertiary/aromatic N) is 1. The highest BCUT2D eigenvalue weighted by Crippen LogP contribution is 2.29. The highest BCUT2D eigenvalue weighted by Gasteiger charge is 2.31. The van der Waals surface area contributed by atoms with E-state index in [1.807, 2.05) is 6.07 Å². The molecule has 2 N–H and O–H groups in total. The van der Waals surface area contributed by atoms with Gasteiger partial charge in [-0.25, -0.2) is 9.78 Å². The highest BCUT2D eigenvalue weighted by molar-refractivity contribution is 6.09. The van der Waals surface area contributed by atoms with Crippen molar-refractivity contribution >= 4 is 23.2 Å². The maximum Gasteiger partial charge on any atom is 0.573 e. The third kappa shape index (κ3) is 6.60. The van der Waals surface area contributed by atoms with Crippen LogP contribution in [0.4, 0.5) is 29.3 Å². The van der Waals surface area contributed by atoms with Gasteiger partial charge in [0.15, 0.2) is 5.78 Å². The van der Waals surface area contributed by atoms with Gasteiger partial charge >= 0.3 is 12.4 Å². The molecule has 0 saturated carbocycles. The SMILES string of the molecule is O=C(Nc1cccc(OC(F)(F)F)c1)Nc1cccnc1Oc1cccc(C(=O)c2ccccc2)c1. The van der Waals surface area contributed by atoms with Crippen LogP contribution in [0.2, 0.25) is 0 Å². The fourth-order valence-electron chi connectivity index (χ4n) is 3.19. The van der Waals surface area contributed by atoms with Crippen LogP contribution in [0.25, 0.3) is 0 Å². The molecule has 0 aliphatic carbocycles. The van der Waals surface area contributed by atoms with Crippen LogP contribution in [0.15, 0.2) is 97.2 Å². The van der Waals surface area contributed by atoms with Gasteiger partial charge in [0.25, 0.3) is 0 Å². The number of carbonyl (C=O) groups is 2. The number of amides is 2. The maximum atomic E-state index is 12.7. The highest BCUT2D eigenvalue weighted by atomic mass is 19.4. The summed E-state index contributed by atoms with van der Waals surface area (Å²) >= 11 is 0. The standard InChI is InChI=1S/C26H18F3N3O4/c27-26(28,29)36-21-12-5-10-19(16-21)31-25(34)32-22-13-6-14-30-24(22)35-20-11-4-9-18(15-20)23(33)17-7-2-1-3-8-17/h1-16H,(H2,31,32,34). The minimum atomic E-state index is -4.86. The van der Waals surface area contributed by atoms with E-state index in [-0.39, 0.29) is 23.0 Å². The third-order valence-electron chi connectivity index (χ3n) is 4.69. The van der Waals surface area contributed by atoms with Gasteiger partial charge in [-0.2, -0.15) is 0 Å². The second-order valence-electron chi connectivity index (χ2n) is 7.34. The Hall–Kier alpha value is -4.86. The fraction of sp³-hybridized carbons (Fsp3) is 0.0385. The average molecular weight is 493 g/mol. The van der Waals surface area contributed by atoms with Crippen molar-refractivity contribution in [2.24, 2.45) is 0 Å². The van der Waals surface area contributed by atoms with Crippen molar-refractivity contribution in [3.05, 3.63) is 108 Å². The van der Waals surface area contributed by atoms with Crippen molar-refractivity contribution in [1.82, 2.24) is 4.98 Å². The normalized spacial score (nSPS) is 10.9. The summed E-state index contributed by atoms with van der Waals surface area (Å²) in [6, 6.07) is 22.5. The number of carbonyl (C=O) groups excluding carboxylic acids is 2. The van der Waals surface area contributed by atoms with Gasteiger partial charge in [-0.05, 0) is 36.4 Å². The summed E-state index contributed by atoms with van der Waals surface area (Å²) in [7, 11) is 0. The second-order valence-corrected chi connectivity index (χ2v) is 7.34.